The van der Waals surface area contributed by atoms with Gasteiger partial charge in [0.2, 0.25) is 5.91 Å². The molecule has 2 nitrogen and oxygen atoms in total. The molecule has 2 heteroatoms. The second-order valence-electron chi connectivity index (χ2n) is 7.35. The maximum atomic E-state index is 11.5. The molecule has 24 heavy (non-hydrogen) atoms. The zero-order valence-corrected chi connectivity index (χ0v) is 16.4. The minimum atomic E-state index is -0.100. The lowest BCUT2D eigenvalue weighted by molar-refractivity contribution is -0.122. The van der Waals surface area contributed by atoms with Gasteiger partial charge in [-0.3, -0.25) is 4.79 Å². The number of hydrogen-bond donors (Lipinski definition) is 1. The molecule has 0 rings (SSSR count). The van der Waals surface area contributed by atoms with Gasteiger partial charge in [0.25, 0.3) is 0 Å². The van der Waals surface area contributed by atoms with Crippen LogP contribution in [-0.2, 0) is 4.79 Å². The molecule has 0 aliphatic heterocycles. The van der Waals surface area contributed by atoms with E-state index in [-0.39, 0.29) is 11.8 Å². The minimum Gasteiger partial charge on any atom is -0.369 e. The predicted octanol–water partition coefficient (Wildman–Crippen LogP) is 6.93. The molecule has 0 aliphatic rings. The van der Waals surface area contributed by atoms with Gasteiger partial charge in [0.15, 0.2) is 0 Å². The smallest absolute Gasteiger partial charge is 0.220 e. The molecule has 0 fully saturated rings. The first-order valence-corrected chi connectivity index (χ1v) is 10.6. The van der Waals surface area contributed by atoms with E-state index < -0.39 is 0 Å². The highest BCUT2D eigenvalue weighted by atomic mass is 16.1. The maximum absolute atomic E-state index is 11.5. The van der Waals surface area contributed by atoms with Crippen LogP contribution in [0.15, 0.2) is 12.7 Å². The molecule has 0 bridgehead atoms. The molecule has 1 unspecified atom stereocenters. The summed E-state index contributed by atoms with van der Waals surface area (Å²) >= 11 is 0. The molecule has 0 radical (unpaired) electrons. The van der Waals surface area contributed by atoms with Gasteiger partial charge >= 0.3 is 0 Å². The fourth-order valence-electron chi connectivity index (χ4n) is 3.34. The summed E-state index contributed by atoms with van der Waals surface area (Å²) in [6.45, 7) is 6.01. The van der Waals surface area contributed by atoms with Crippen LogP contribution in [0.3, 0.4) is 0 Å². The number of primary amides is 1. The van der Waals surface area contributed by atoms with Crippen molar-refractivity contribution in [3.8, 4) is 0 Å². The third-order valence-corrected chi connectivity index (χ3v) is 5.02. The summed E-state index contributed by atoms with van der Waals surface area (Å²) in [5, 5.41) is 0. The van der Waals surface area contributed by atoms with Crippen LogP contribution >= 0.6 is 0 Å². The topological polar surface area (TPSA) is 43.1 Å². The normalized spacial score (nSPS) is 12.2. The van der Waals surface area contributed by atoms with Gasteiger partial charge in [0, 0.05) is 5.92 Å². The van der Waals surface area contributed by atoms with E-state index in [1.54, 1.807) is 0 Å². The molecule has 0 aromatic heterocycles. The van der Waals surface area contributed by atoms with E-state index in [4.69, 9.17) is 5.73 Å². The zero-order valence-electron chi connectivity index (χ0n) is 16.4. The number of amides is 1. The van der Waals surface area contributed by atoms with Gasteiger partial charge in [-0.2, -0.15) is 0 Å². The first-order valence-electron chi connectivity index (χ1n) is 10.6. The van der Waals surface area contributed by atoms with E-state index in [0.29, 0.717) is 0 Å². The summed E-state index contributed by atoms with van der Waals surface area (Å²) in [6.07, 6.45) is 23.5. The van der Waals surface area contributed by atoms with Crippen LogP contribution in [0.25, 0.3) is 0 Å². The van der Waals surface area contributed by atoms with Gasteiger partial charge in [-0.1, -0.05) is 96.5 Å². The van der Waals surface area contributed by atoms with Crippen LogP contribution in [0.1, 0.15) is 116 Å². The third kappa shape index (κ3) is 16.1. The van der Waals surface area contributed by atoms with Crippen molar-refractivity contribution in [2.75, 3.05) is 0 Å². The van der Waals surface area contributed by atoms with Crippen molar-refractivity contribution < 1.29 is 4.79 Å². The van der Waals surface area contributed by atoms with Gasteiger partial charge in [-0.15, -0.1) is 6.58 Å². The largest absolute Gasteiger partial charge is 0.369 e. The van der Waals surface area contributed by atoms with E-state index in [1.165, 1.54) is 70.6 Å². The van der Waals surface area contributed by atoms with Gasteiger partial charge in [0.05, 0.1) is 0 Å². The fourth-order valence-corrected chi connectivity index (χ4v) is 3.34. The lowest BCUT2D eigenvalue weighted by Gasteiger charge is -2.12. The number of rotatable bonds is 19. The van der Waals surface area contributed by atoms with Crippen LogP contribution in [-0.4, -0.2) is 5.91 Å². The molecular weight excluding hydrogens is 294 g/mol. The van der Waals surface area contributed by atoms with Crippen LogP contribution in [0.5, 0.6) is 0 Å². The van der Waals surface area contributed by atoms with Crippen LogP contribution in [0, 0.1) is 5.92 Å². The Kier molecular flexibility index (Phi) is 17.9. The molecule has 1 atom stereocenters. The highest BCUT2D eigenvalue weighted by Gasteiger charge is 2.13. The van der Waals surface area contributed by atoms with Crippen molar-refractivity contribution in [1.29, 1.82) is 0 Å². The number of carbonyl (C=O) groups excluding carboxylic acids is 1. The summed E-state index contributed by atoms with van der Waals surface area (Å²) in [5.74, 6) is -0.00499. The monoisotopic (exact) mass is 337 g/mol. The van der Waals surface area contributed by atoms with Crippen molar-refractivity contribution in [2.24, 2.45) is 11.7 Å². The van der Waals surface area contributed by atoms with Crippen LogP contribution < -0.4 is 5.73 Å². The van der Waals surface area contributed by atoms with Crippen molar-refractivity contribution in [2.45, 2.75) is 116 Å². The molecule has 0 spiro atoms. The number of nitrogens with two attached hydrogens (primary N) is 1. The molecule has 0 aliphatic carbocycles. The second kappa shape index (κ2) is 18.5. The van der Waals surface area contributed by atoms with Crippen LogP contribution in [0.4, 0.5) is 0 Å². The SMILES string of the molecule is C=CCCCCC(CCCCCCCCCCCCCC)C(N)=O. The van der Waals surface area contributed by atoms with E-state index in [0.717, 1.165) is 38.5 Å². The van der Waals surface area contributed by atoms with Crippen molar-refractivity contribution >= 4 is 5.91 Å². The molecule has 0 aromatic rings. The van der Waals surface area contributed by atoms with E-state index in [1.807, 2.05) is 6.08 Å². The van der Waals surface area contributed by atoms with E-state index in [2.05, 4.69) is 13.5 Å². The number of carbonyl (C=O) groups is 1. The molecule has 0 saturated carbocycles. The molecule has 142 valence electrons. The molecule has 0 heterocycles. The Bertz CT molecular complexity index is 288. The first-order chi connectivity index (χ1) is 11.7. The summed E-state index contributed by atoms with van der Waals surface area (Å²) in [6, 6.07) is 0. The third-order valence-electron chi connectivity index (χ3n) is 5.02. The zero-order chi connectivity index (χ0) is 17.9. The fraction of sp³-hybridized carbons (Fsp3) is 0.864. The highest BCUT2D eigenvalue weighted by molar-refractivity contribution is 5.76. The highest BCUT2D eigenvalue weighted by Crippen LogP contribution is 2.18. The molecule has 2 N–H and O–H groups in total. The van der Waals surface area contributed by atoms with E-state index >= 15 is 0 Å². The Labute approximate surface area is 151 Å². The second-order valence-corrected chi connectivity index (χ2v) is 7.35. The summed E-state index contributed by atoms with van der Waals surface area (Å²) in [5.41, 5.74) is 5.53. The van der Waals surface area contributed by atoms with Gasteiger partial charge in [-0.25, -0.2) is 0 Å². The molecular formula is C22H43NO. The number of unbranched alkanes of at least 4 members (excludes halogenated alkanes) is 13. The van der Waals surface area contributed by atoms with Crippen molar-refractivity contribution in [1.82, 2.24) is 0 Å². The summed E-state index contributed by atoms with van der Waals surface area (Å²) < 4.78 is 0. The van der Waals surface area contributed by atoms with Gasteiger partial charge in [0.1, 0.15) is 0 Å². The predicted molar refractivity (Wildman–Crippen MR) is 107 cm³/mol. The number of allylic oxidation sites excluding steroid dienone is 1. The summed E-state index contributed by atoms with van der Waals surface area (Å²) in [4.78, 5) is 11.5. The average molecular weight is 338 g/mol. The minimum absolute atomic E-state index is 0.0953. The number of hydrogen-bond acceptors (Lipinski definition) is 1. The Balaban J connectivity index is 3.39. The lowest BCUT2D eigenvalue weighted by Crippen LogP contribution is -2.23. The standard InChI is InChI=1S/C22H43NO/c1-3-5-7-9-10-11-12-13-14-15-16-18-20-21(22(23)24)19-17-8-6-4-2/h4,21H,2-3,5-20H2,1H3,(H2,23,24). The Morgan fingerprint density at radius 3 is 1.62 bits per heavy atom. The van der Waals surface area contributed by atoms with Gasteiger partial charge in [-0.05, 0) is 25.7 Å². The Morgan fingerprint density at radius 1 is 0.792 bits per heavy atom. The lowest BCUT2D eigenvalue weighted by atomic mass is 9.94. The summed E-state index contributed by atoms with van der Waals surface area (Å²) in [7, 11) is 0. The van der Waals surface area contributed by atoms with Gasteiger partial charge < -0.3 is 5.73 Å². The average Bonchev–Trinajstić information content (AvgIpc) is 2.57. The maximum Gasteiger partial charge on any atom is 0.220 e. The molecule has 1 amide bonds. The quantitative estimate of drug-likeness (QED) is 0.201. The molecule has 0 aromatic carbocycles. The van der Waals surface area contributed by atoms with Crippen LogP contribution in [0.2, 0.25) is 0 Å². The van der Waals surface area contributed by atoms with E-state index in [9.17, 15) is 4.79 Å². The van der Waals surface area contributed by atoms with Crippen molar-refractivity contribution in [3.05, 3.63) is 12.7 Å². The van der Waals surface area contributed by atoms with Crippen molar-refractivity contribution in [3.63, 3.8) is 0 Å². The first kappa shape index (κ1) is 23.2. The Morgan fingerprint density at radius 2 is 1.21 bits per heavy atom. The Hall–Kier alpha value is -0.790. The molecule has 0 saturated heterocycles.